The van der Waals surface area contributed by atoms with Gasteiger partial charge in [0.1, 0.15) is 9.84 Å². The molecule has 0 amide bonds. The highest BCUT2D eigenvalue weighted by Crippen LogP contribution is 2.33. The Morgan fingerprint density at radius 1 is 1.24 bits per heavy atom. The molecule has 1 aliphatic rings. The zero-order valence-electron chi connectivity index (χ0n) is 17.5. The number of hydrogen-bond donors (Lipinski definition) is 2. The molecule has 0 saturated carbocycles. The summed E-state index contributed by atoms with van der Waals surface area (Å²) < 4.78 is 33.5. The second kappa shape index (κ2) is 13.4. The van der Waals surface area contributed by atoms with Crippen LogP contribution in [0.5, 0.6) is 0 Å². The second-order valence-electron chi connectivity index (χ2n) is 7.23. The summed E-state index contributed by atoms with van der Waals surface area (Å²) in [6.07, 6.45) is 3.48. The quantitative estimate of drug-likeness (QED) is 0.217. The van der Waals surface area contributed by atoms with E-state index in [-0.39, 0.29) is 42.4 Å². The van der Waals surface area contributed by atoms with Crippen molar-refractivity contribution in [2.45, 2.75) is 25.9 Å². The van der Waals surface area contributed by atoms with Gasteiger partial charge in [0, 0.05) is 38.9 Å². The molecule has 1 fully saturated rings. The maximum Gasteiger partial charge on any atom is 0.191 e. The molecule has 166 valence electrons. The average molecular weight is 539 g/mol. The van der Waals surface area contributed by atoms with Crippen LogP contribution in [0.15, 0.2) is 29.3 Å². The van der Waals surface area contributed by atoms with E-state index in [1.807, 2.05) is 0 Å². The normalized spacial score (nSPS) is 20.0. The summed E-state index contributed by atoms with van der Waals surface area (Å²) in [6, 6.07) is 8.56. The minimum absolute atomic E-state index is 0. The van der Waals surface area contributed by atoms with Gasteiger partial charge in [0.05, 0.1) is 25.1 Å². The number of sulfone groups is 1. The van der Waals surface area contributed by atoms with E-state index in [1.165, 1.54) is 17.4 Å². The Morgan fingerprint density at radius 2 is 1.97 bits per heavy atom. The SMILES string of the molecule is CN=C(NCCOCCS(C)(=O)=O)NCC1CCCOC1c1ccc(C)cc1.I. The van der Waals surface area contributed by atoms with Crippen molar-refractivity contribution in [2.75, 3.05) is 52.0 Å². The summed E-state index contributed by atoms with van der Waals surface area (Å²) in [4.78, 5) is 4.24. The van der Waals surface area contributed by atoms with Gasteiger partial charge in [-0.15, -0.1) is 24.0 Å². The lowest BCUT2D eigenvalue weighted by molar-refractivity contribution is -0.0265. The lowest BCUT2D eigenvalue weighted by atomic mass is 9.89. The number of nitrogens with one attached hydrogen (secondary N) is 2. The van der Waals surface area contributed by atoms with Gasteiger partial charge in [0.25, 0.3) is 0 Å². The van der Waals surface area contributed by atoms with Crippen LogP contribution >= 0.6 is 24.0 Å². The topological polar surface area (TPSA) is 89.0 Å². The molecule has 2 atom stereocenters. The molecule has 2 N–H and O–H groups in total. The first-order valence-electron chi connectivity index (χ1n) is 9.77. The third kappa shape index (κ3) is 10.1. The summed E-state index contributed by atoms with van der Waals surface area (Å²) in [5.41, 5.74) is 2.47. The van der Waals surface area contributed by atoms with Crippen LogP contribution in [0.2, 0.25) is 0 Å². The fourth-order valence-corrected chi connectivity index (χ4v) is 3.60. The van der Waals surface area contributed by atoms with Crippen LogP contribution in [0.3, 0.4) is 0 Å². The number of benzene rings is 1. The summed E-state index contributed by atoms with van der Waals surface area (Å²) in [5, 5.41) is 6.57. The predicted molar refractivity (Wildman–Crippen MR) is 128 cm³/mol. The van der Waals surface area contributed by atoms with Gasteiger partial charge in [-0.1, -0.05) is 29.8 Å². The number of hydrogen-bond acceptors (Lipinski definition) is 5. The Hall–Kier alpha value is -0.910. The smallest absolute Gasteiger partial charge is 0.191 e. The molecule has 9 heteroatoms. The largest absolute Gasteiger partial charge is 0.379 e. The van der Waals surface area contributed by atoms with E-state index in [0.29, 0.717) is 25.0 Å². The lowest BCUT2D eigenvalue weighted by Gasteiger charge is -2.32. The molecule has 1 aromatic carbocycles. The third-order valence-corrected chi connectivity index (χ3v) is 5.65. The molecular weight excluding hydrogens is 505 g/mol. The Morgan fingerprint density at radius 3 is 2.62 bits per heavy atom. The van der Waals surface area contributed by atoms with Crippen LogP contribution < -0.4 is 10.6 Å². The van der Waals surface area contributed by atoms with Crippen molar-refractivity contribution < 1.29 is 17.9 Å². The zero-order chi connectivity index (χ0) is 20.4. The van der Waals surface area contributed by atoms with Crippen molar-refractivity contribution in [1.82, 2.24) is 10.6 Å². The van der Waals surface area contributed by atoms with Gasteiger partial charge in [0.15, 0.2) is 5.96 Å². The number of aliphatic imine (C=N–C) groups is 1. The van der Waals surface area contributed by atoms with E-state index in [0.717, 1.165) is 26.0 Å². The average Bonchev–Trinajstić information content (AvgIpc) is 2.67. The highest BCUT2D eigenvalue weighted by molar-refractivity contribution is 14.0. The van der Waals surface area contributed by atoms with Crippen molar-refractivity contribution in [2.24, 2.45) is 10.9 Å². The van der Waals surface area contributed by atoms with Gasteiger partial charge in [-0.25, -0.2) is 8.42 Å². The predicted octanol–water partition coefficient (Wildman–Crippen LogP) is 2.31. The summed E-state index contributed by atoms with van der Waals surface area (Å²) in [6.45, 7) is 4.86. The maximum atomic E-state index is 11.1. The molecule has 2 unspecified atom stereocenters. The number of nitrogens with zero attached hydrogens (tertiary/aromatic N) is 1. The number of guanidine groups is 1. The minimum atomic E-state index is -2.98. The van der Waals surface area contributed by atoms with Crippen LogP contribution in [0.25, 0.3) is 0 Å². The highest BCUT2D eigenvalue weighted by Gasteiger charge is 2.27. The molecule has 1 aliphatic heterocycles. The van der Waals surface area contributed by atoms with E-state index in [1.54, 1.807) is 7.05 Å². The molecule has 0 aliphatic carbocycles. The van der Waals surface area contributed by atoms with Crippen molar-refractivity contribution in [1.29, 1.82) is 0 Å². The molecule has 1 saturated heterocycles. The number of rotatable bonds is 9. The van der Waals surface area contributed by atoms with Gasteiger partial charge in [-0.05, 0) is 25.3 Å². The Kier molecular flexibility index (Phi) is 12.1. The van der Waals surface area contributed by atoms with Gasteiger partial charge in [-0.2, -0.15) is 0 Å². The van der Waals surface area contributed by atoms with Crippen LogP contribution in [0, 0.1) is 12.8 Å². The van der Waals surface area contributed by atoms with Crippen molar-refractivity contribution in [3.8, 4) is 0 Å². The zero-order valence-corrected chi connectivity index (χ0v) is 20.7. The van der Waals surface area contributed by atoms with Gasteiger partial charge in [0.2, 0.25) is 0 Å². The maximum absolute atomic E-state index is 11.1. The fraction of sp³-hybridized carbons (Fsp3) is 0.650. The standard InChI is InChI=1S/C20H33N3O4S.HI/c1-16-6-8-17(9-7-16)19-18(5-4-11-27-19)15-23-20(21-2)22-10-12-26-13-14-28(3,24)25;/h6-9,18-19H,4-5,10-15H2,1-3H3,(H2,21,22,23);1H. The Bertz CT molecular complexity index is 726. The lowest BCUT2D eigenvalue weighted by Crippen LogP contribution is -2.43. The van der Waals surface area contributed by atoms with Gasteiger partial charge >= 0.3 is 0 Å². The molecule has 0 radical (unpaired) electrons. The molecule has 2 rings (SSSR count). The van der Waals surface area contributed by atoms with Crippen molar-refractivity contribution >= 4 is 39.8 Å². The van der Waals surface area contributed by atoms with E-state index in [9.17, 15) is 8.42 Å². The number of halogens is 1. The number of aryl methyl sites for hydroxylation is 1. The van der Waals surface area contributed by atoms with Crippen LogP contribution in [-0.4, -0.2) is 66.3 Å². The van der Waals surface area contributed by atoms with Gasteiger partial charge < -0.3 is 20.1 Å². The summed E-state index contributed by atoms with van der Waals surface area (Å²) >= 11 is 0. The van der Waals surface area contributed by atoms with Crippen molar-refractivity contribution in [3.05, 3.63) is 35.4 Å². The Balaban J connectivity index is 0.00000420. The molecule has 0 aromatic heterocycles. The van der Waals surface area contributed by atoms with Crippen molar-refractivity contribution in [3.63, 3.8) is 0 Å². The molecule has 1 aromatic rings. The molecular formula is C20H34IN3O4S. The van der Waals surface area contributed by atoms with E-state index >= 15 is 0 Å². The molecule has 0 bridgehead atoms. The summed E-state index contributed by atoms with van der Waals surface area (Å²) in [5.74, 6) is 1.13. The third-order valence-electron chi connectivity index (χ3n) is 4.74. The minimum Gasteiger partial charge on any atom is -0.379 e. The van der Waals surface area contributed by atoms with E-state index in [4.69, 9.17) is 9.47 Å². The molecule has 29 heavy (non-hydrogen) atoms. The molecule has 1 heterocycles. The molecule has 0 spiro atoms. The van der Waals surface area contributed by atoms with Crippen LogP contribution in [0.4, 0.5) is 0 Å². The van der Waals surface area contributed by atoms with Gasteiger partial charge in [-0.3, -0.25) is 4.99 Å². The summed E-state index contributed by atoms with van der Waals surface area (Å²) in [7, 11) is -1.25. The monoisotopic (exact) mass is 539 g/mol. The first-order valence-corrected chi connectivity index (χ1v) is 11.8. The fourth-order valence-electron chi connectivity index (χ4n) is 3.18. The molecule has 7 nitrogen and oxygen atoms in total. The number of ether oxygens (including phenoxy) is 2. The Labute approximate surface area is 192 Å². The van der Waals surface area contributed by atoms with E-state index in [2.05, 4.69) is 46.8 Å². The van der Waals surface area contributed by atoms with Crippen LogP contribution in [-0.2, 0) is 19.3 Å². The highest BCUT2D eigenvalue weighted by atomic mass is 127. The first kappa shape index (κ1) is 26.1. The van der Waals surface area contributed by atoms with Crippen LogP contribution in [0.1, 0.15) is 30.1 Å². The van der Waals surface area contributed by atoms with E-state index < -0.39 is 9.84 Å². The second-order valence-corrected chi connectivity index (χ2v) is 9.49. The first-order chi connectivity index (χ1) is 13.4.